The van der Waals surface area contributed by atoms with Crippen LogP contribution in [0.5, 0.6) is 0 Å². The van der Waals surface area contributed by atoms with Gasteiger partial charge in [0.15, 0.2) is 0 Å². The molecule has 1 amide bonds. The van der Waals surface area contributed by atoms with E-state index in [2.05, 4.69) is 20.7 Å². The molecule has 0 unspecified atom stereocenters. The molecule has 0 bridgehead atoms. The number of hydrogen-bond acceptors (Lipinski definition) is 3. The van der Waals surface area contributed by atoms with Crippen molar-refractivity contribution >= 4 is 43.2 Å². The van der Waals surface area contributed by atoms with Crippen LogP contribution in [0.3, 0.4) is 0 Å². The van der Waals surface area contributed by atoms with Gasteiger partial charge in [-0.25, -0.2) is 8.42 Å². The molecule has 130 valence electrons. The summed E-state index contributed by atoms with van der Waals surface area (Å²) >= 11 is 3.27. The maximum Gasteiger partial charge on any atom is 0.263 e. The number of rotatable bonds is 4. The van der Waals surface area contributed by atoms with E-state index in [-0.39, 0.29) is 16.7 Å². The molecule has 4 rings (SSSR count). The minimum Gasteiger partial charge on any atom is -0.312 e. The van der Waals surface area contributed by atoms with E-state index in [0.29, 0.717) is 16.7 Å². The first-order valence-electron chi connectivity index (χ1n) is 8.17. The third-order valence-electron chi connectivity index (χ3n) is 4.55. The fraction of sp³-hybridized carbons (Fsp3) is 0.278. The molecule has 2 aliphatic rings. The highest BCUT2D eigenvalue weighted by Crippen LogP contribution is 2.38. The number of hydrogen-bond donors (Lipinski definition) is 1. The van der Waals surface area contributed by atoms with Crippen LogP contribution in [-0.2, 0) is 21.2 Å². The summed E-state index contributed by atoms with van der Waals surface area (Å²) in [6.45, 7) is 0.672. The maximum absolute atomic E-state index is 12.6. The zero-order valence-corrected chi connectivity index (χ0v) is 15.8. The van der Waals surface area contributed by atoms with Crippen LogP contribution < -0.4 is 9.62 Å². The summed E-state index contributed by atoms with van der Waals surface area (Å²) in [4.78, 5) is 14.4. The smallest absolute Gasteiger partial charge is 0.263 e. The van der Waals surface area contributed by atoms with Gasteiger partial charge in [-0.2, -0.15) is 0 Å². The number of fused-ring (bicyclic) bond motifs is 1. The predicted octanol–water partition coefficient (Wildman–Crippen LogP) is 3.55. The Labute approximate surface area is 155 Å². The minimum absolute atomic E-state index is 0.145. The Morgan fingerprint density at radius 1 is 1.16 bits per heavy atom. The molecule has 7 heteroatoms. The van der Waals surface area contributed by atoms with E-state index in [1.807, 2.05) is 6.07 Å². The van der Waals surface area contributed by atoms with Gasteiger partial charge in [-0.15, -0.1) is 0 Å². The summed E-state index contributed by atoms with van der Waals surface area (Å²) in [6, 6.07) is 12.1. The van der Waals surface area contributed by atoms with Crippen molar-refractivity contribution in [2.75, 3.05) is 16.2 Å². The number of nitrogens with zero attached hydrogens (tertiary/aromatic N) is 1. The van der Waals surface area contributed by atoms with E-state index in [1.165, 1.54) is 0 Å². The van der Waals surface area contributed by atoms with Gasteiger partial charge in [0.05, 0.1) is 5.69 Å². The largest absolute Gasteiger partial charge is 0.312 e. The average molecular weight is 421 g/mol. The van der Waals surface area contributed by atoms with Gasteiger partial charge in [0.1, 0.15) is 4.90 Å². The molecule has 2 aromatic rings. The van der Waals surface area contributed by atoms with Gasteiger partial charge in [-0.3, -0.25) is 9.52 Å². The molecule has 1 saturated carbocycles. The Bertz CT molecular complexity index is 955. The van der Waals surface area contributed by atoms with Gasteiger partial charge in [0.2, 0.25) is 5.91 Å². The molecular formula is C18H17BrN2O3S. The highest BCUT2D eigenvalue weighted by molar-refractivity contribution is 9.10. The van der Waals surface area contributed by atoms with E-state index < -0.39 is 10.0 Å². The molecule has 5 nitrogen and oxygen atoms in total. The maximum atomic E-state index is 12.6. The quantitative estimate of drug-likeness (QED) is 0.821. The van der Waals surface area contributed by atoms with Crippen molar-refractivity contribution < 1.29 is 13.2 Å². The number of anilines is 2. The van der Waals surface area contributed by atoms with Crippen molar-refractivity contribution in [1.29, 1.82) is 0 Å². The molecule has 0 aromatic heterocycles. The molecule has 1 N–H and O–H groups in total. The van der Waals surface area contributed by atoms with Crippen molar-refractivity contribution in [3.05, 3.63) is 52.5 Å². The van der Waals surface area contributed by atoms with E-state index in [4.69, 9.17) is 0 Å². The van der Waals surface area contributed by atoms with Crippen molar-refractivity contribution in [2.24, 2.45) is 5.92 Å². The second-order valence-electron chi connectivity index (χ2n) is 6.39. The molecule has 2 aromatic carbocycles. The Kier molecular flexibility index (Phi) is 4.08. The number of nitrogens with one attached hydrogen (secondary N) is 1. The van der Waals surface area contributed by atoms with Gasteiger partial charge in [0, 0.05) is 22.6 Å². The molecule has 0 spiro atoms. The van der Waals surface area contributed by atoms with Crippen LogP contribution in [0.2, 0.25) is 0 Å². The zero-order valence-electron chi connectivity index (χ0n) is 13.4. The highest BCUT2D eigenvalue weighted by atomic mass is 79.9. The number of carbonyl (C=O) groups is 1. The average Bonchev–Trinajstić information content (AvgIpc) is 3.34. The molecule has 0 atom stereocenters. The molecule has 1 aliphatic carbocycles. The molecule has 1 fully saturated rings. The van der Waals surface area contributed by atoms with Crippen LogP contribution in [0.15, 0.2) is 51.8 Å². The molecule has 0 radical (unpaired) electrons. The Morgan fingerprint density at radius 3 is 2.64 bits per heavy atom. The van der Waals surface area contributed by atoms with E-state index in [1.54, 1.807) is 41.3 Å². The van der Waals surface area contributed by atoms with Crippen molar-refractivity contribution in [3.63, 3.8) is 0 Å². The minimum atomic E-state index is -3.70. The Hall–Kier alpha value is -1.86. The standard InChI is InChI=1S/C18H17BrN2O3S/c19-15-3-1-2-4-17(15)25(23,24)20-14-8-7-12-9-10-21(16(12)11-14)18(22)13-5-6-13/h1-4,7-8,11,13,20H,5-6,9-10H2. The second-order valence-corrected chi connectivity index (χ2v) is 8.90. The molecule has 1 heterocycles. The van der Waals surface area contributed by atoms with Crippen molar-refractivity contribution in [1.82, 2.24) is 0 Å². The van der Waals surface area contributed by atoms with E-state index in [9.17, 15) is 13.2 Å². The van der Waals surface area contributed by atoms with E-state index in [0.717, 1.165) is 30.5 Å². The lowest BCUT2D eigenvalue weighted by molar-refractivity contribution is -0.119. The van der Waals surface area contributed by atoms with E-state index >= 15 is 0 Å². The van der Waals surface area contributed by atoms with Crippen LogP contribution >= 0.6 is 15.9 Å². The highest BCUT2D eigenvalue weighted by Gasteiger charge is 2.36. The second kappa shape index (κ2) is 6.14. The summed E-state index contributed by atoms with van der Waals surface area (Å²) in [5.41, 5.74) is 2.37. The summed E-state index contributed by atoms with van der Waals surface area (Å²) in [7, 11) is -3.70. The monoisotopic (exact) mass is 420 g/mol. The van der Waals surface area contributed by atoms with Gasteiger partial charge < -0.3 is 4.90 Å². The van der Waals surface area contributed by atoms with Crippen LogP contribution in [0.1, 0.15) is 18.4 Å². The molecule has 1 aliphatic heterocycles. The molecule has 25 heavy (non-hydrogen) atoms. The first-order chi connectivity index (χ1) is 12.0. The fourth-order valence-electron chi connectivity index (χ4n) is 3.10. The molecular weight excluding hydrogens is 404 g/mol. The third kappa shape index (κ3) is 3.18. The summed E-state index contributed by atoms with van der Waals surface area (Å²) in [5, 5.41) is 0. The van der Waals surface area contributed by atoms with Gasteiger partial charge >= 0.3 is 0 Å². The lowest BCUT2D eigenvalue weighted by Gasteiger charge is -2.18. The first-order valence-corrected chi connectivity index (χ1v) is 10.4. The zero-order chi connectivity index (χ0) is 17.6. The predicted molar refractivity (Wildman–Crippen MR) is 100 cm³/mol. The Morgan fingerprint density at radius 2 is 1.92 bits per heavy atom. The number of amides is 1. The van der Waals surface area contributed by atoms with Crippen molar-refractivity contribution in [2.45, 2.75) is 24.2 Å². The lowest BCUT2D eigenvalue weighted by Crippen LogP contribution is -2.30. The summed E-state index contributed by atoms with van der Waals surface area (Å²) < 4.78 is 28.4. The number of carbonyl (C=O) groups excluding carboxylic acids is 1. The number of sulfonamides is 1. The van der Waals surface area contributed by atoms with Crippen molar-refractivity contribution in [3.8, 4) is 0 Å². The topological polar surface area (TPSA) is 66.5 Å². The van der Waals surface area contributed by atoms with Crippen LogP contribution in [-0.4, -0.2) is 20.9 Å². The Balaban J connectivity index is 1.63. The summed E-state index contributed by atoms with van der Waals surface area (Å²) in [5.74, 6) is 0.302. The van der Waals surface area contributed by atoms with Crippen LogP contribution in [0.4, 0.5) is 11.4 Å². The number of benzene rings is 2. The first kappa shape index (κ1) is 16.6. The van der Waals surface area contributed by atoms with Crippen LogP contribution in [0, 0.1) is 5.92 Å². The fourth-order valence-corrected chi connectivity index (χ4v) is 5.15. The van der Waals surface area contributed by atoms with Gasteiger partial charge in [-0.05, 0) is 65.0 Å². The SMILES string of the molecule is O=C(C1CC1)N1CCc2ccc(NS(=O)(=O)c3ccccc3Br)cc21. The van der Waals surface area contributed by atoms with Gasteiger partial charge in [0.25, 0.3) is 10.0 Å². The third-order valence-corrected chi connectivity index (χ3v) is 6.95. The number of halogens is 1. The summed E-state index contributed by atoms with van der Waals surface area (Å²) in [6.07, 6.45) is 2.73. The van der Waals surface area contributed by atoms with Crippen LogP contribution in [0.25, 0.3) is 0 Å². The lowest BCUT2D eigenvalue weighted by atomic mass is 10.1. The van der Waals surface area contributed by atoms with Gasteiger partial charge in [-0.1, -0.05) is 18.2 Å². The normalized spacial score (nSPS) is 16.6. The molecule has 0 saturated heterocycles.